The molecule has 3 atom stereocenters. The Kier molecular flexibility index (Phi) is 19.5. The van der Waals surface area contributed by atoms with Crippen molar-refractivity contribution >= 4 is 0 Å². The van der Waals surface area contributed by atoms with Crippen LogP contribution in [0.3, 0.4) is 0 Å². The van der Waals surface area contributed by atoms with E-state index in [1.165, 1.54) is 57.8 Å². The average Bonchev–Trinajstić information content (AvgIpc) is 2.78. The lowest BCUT2D eigenvalue weighted by atomic mass is 10.00. The highest BCUT2D eigenvalue weighted by molar-refractivity contribution is 4.65. The Morgan fingerprint density at radius 2 is 0.800 bits per heavy atom. The molecule has 0 aromatic carbocycles. The Bertz CT molecular complexity index is 308. The third-order valence-electron chi connectivity index (χ3n) is 6.68. The minimum atomic E-state index is -0.876. The van der Waals surface area contributed by atoms with Crippen LogP contribution in [-0.2, 0) is 14.2 Å². The Balaban J connectivity index is 5.10. The van der Waals surface area contributed by atoms with E-state index in [4.69, 9.17) is 14.2 Å². The molecule has 0 aliphatic heterocycles. The summed E-state index contributed by atoms with van der Waals surface area (Å²) in [6.45, 7) is 18.0. The van der Waals surface area contributed by atoms with Crippen molar-refractivity contribution in [1.29, 1.82) is 0 Å². The van der Waals surface area contributed by atoms with E-state index in [1.54, 1.807) is 0 Å². The van der Waals surface area contributed by atoms with Gasteiger partial charge in [0.1, 0.15) is 0 Å². The molecule has 0 aliphatic rings. The van der Waals surface area contributed by atoms with Crippen LogP contribution in [-0.4, -0.2) is 25.8 Å². The minimum Gasteiger partial charge on any atom is -0.327 e. The molecule has 3 unspecified atom stereocenters. The van der Waals surface area contributed by atoms with Gasteiger partial charge >= 0.3 is 0 Å². The van der Waals surface area contributed by atoms with Crippen molar-refractivity contribution < 1.29 is 14.2 Å². The average molecular weight is 429 g/mol. The van der Waals surface area contributed by atoms with Gasteiger partial charge in [-0.25, -0.2) is 0 Å². The van der Waals surface area contributed by atoms with Gasteiger partial charge in [-0.15, -0.1) is 0 Å². The van der Waals surface area contributed by atoms with Crippen molar-refractivity contribution in [3.05, 3.63) is 0 Å². The molecule has 0 saturated heterocycles. The van der Waals surface area contributed by atoms with Crippen LogP contribution in [0.5, 0.6) is 0 Å². The van der Waals surface area contributed by atoms with Gasteiger partial charge in [-0.2, -0.15) is 0 Å². The summed E-state index contributed by atoms with van der Waals surface area (Å²) in [5.74, 6) is 0.894. The summed E-state index contributed by atoms with van der Waals surface area (Å²) in [7, 11) is 0. The molecule has 0 bridgehead atoms. The zero-order valence-corrected chi connectivity index (χ0v) is 21.8. The lowest BCUT2D eigenvalue weighted by Crippen LogP contribution is -2.42. The first-order chi connectivity index (χ1) is 14.5. The molecule has 0 rings (SSSR count). The molecule has 30 heavy (non-hydrogen) atoms. The van der Waals surface area contributed by atoms with E-state index in [0.717, 1.165) is 45.5 Å². The topological polar surface area (TPSA) is 27.7 Å². The largest absolute Gasteiger partial charge is 0.327 e. The van der Waals surface area contributed by atoms with Crippen LogP contribution in [0.25, 0.3) is 0 Å². The predicted octanol–water partition coefficient (Wildman–Crippen LogP) is 8.75. The standard InChI is InChI=1S/C27H56O3/c1-8-15-18-24(11-4)21-28-27(14-7,29-22-25(12-5)19-16-9-2)30-23-26(13-6)20-17-10-3/h24-26H,8-23H2,1-7H3. The van der Waals surface area contributed by atoms with Crippen molar-refractivity contribution in [3.63, 3.8) is 0 Å². The zero-order chi connectivity index (χ0) is 22.7. The zero-order valence-electron chi connectivity index (χ0n) is 21.8. The van der Waals surface area contributed by atoms with Crippen LogP contribution in [0.1, 0.15) is 132 Å². The summed E-state index contributed by atoms with van der Waals surface area (Å²) in [4.78, 5) is 0. The summed E-state index contributed by atoms with van der Waals surface area (Å²) in [5.41, 5.74) is 0. The highest BCUT2D eigenvalue weighted by Gasteiger charge is 2.34. The van der Waals surface area contributed by atoms with Gasteiger partial charge in [0.25, 0.3) is 5.97 Å². The molecule has 0 aliphatic carbocycles. The van der Waals surface area contributed by atoms with Gasteiger partial charge in [-0.1, -0.05) is 106 Å². The van der Waals surface area contributed by atoms with Gasteiger partial charge in [0.2, 0.25) is 0 Å². The molecule has 0 N–H and O–H groups in total. The molecule has 0 radical (unpaired) electrons. The molecule has 0 spiro atoms. The van der Waals surface area contributed by atoms with Gasteiger partial charge in [0, 0.05) is 6.42 Å². The summed E-state index contributed by atoms with van der Waals surface area (Å²) in [6, 6.07) is 0. The van der Waals surface area contributed by atoms with Crippen LogP contribution in [0.2, 0.25) is 0 Å². The van der Waals surface area contributed by atoms with Crippen molar-refractivity contribution in [2.24, 2.45) is 17.8 Å². The smallest absolute Gasteiger partial charge is 0.282 e. The van der Waals surface area contributed by atoms with Crippen LogP contribution in [0.4, 0.5) is 0 Å². The Morgan fingerprint density at radius 3 is 1.00 bits per heavy atom. The first-order valence-corrected chi connectivity index (χ1v) is 13.5. The first-order valence-electron chi connectivity index (χ1n) is 13.5. The molecule has 0 aromatic rings. The van der Waals surface area contributed by atoms with Gasteiger partial charge in [-0.3, -0.25) is 0 Å². The molecule has 3 nitrogen and oxygen atoms in total. The molecule has 0 fully saturated rings. The fraction of sp³-hybridized carbons (Fsp3) is 1.00. The molecule has 0 amide bonds. The summed E-state index contributed by atoms with van der Waals surface area (Å²) in [6.07, 6.45) is 15.4. The van der Waals surface area contributed by atoms with Crippen LogP contribution in [0.15, 0.2) is 0 Å². The number of ether oxygens (including phenoxy) is 3. The van der Waals surface area contributed by atoms with Gasteiger partial charge in [0.05, 0.1) is 19.8 Å². The third-order valence-corrected chi connectivity index (χ3v) is 6.68. The second kappa shape index (κ2) is 19.6. The maximum absolute atomic E-state index is 6.48. The van der Waals surface area contributed by atoms with Gasteiger partial charge in [-0.05, 0) is 37.0 Å². The normalized spacial score (nSPS) is 16.9. The summed E-state index contributed by atoms with van der Waals surface area (Å²) in [5, 5.41) is 0. The SMILES string of the molecule is CCCCC(CC)COC(CC)(OCC(CC)CCCC)OCC(CC)CCCC. The van der Waals surface area contributed by atoms with Crippen molar-refractivity contribution in [1.82, 2.24) is 0 Å². The number of hydrogen-bond donors (Lipinski definition) is 0. The molecular weight excluding hydrogens is 372 g/mol. The highest BCUT2D eigenvalue weighted by atomic mass is 16.9. The molecule has 0 heterocycles. The second-order valence-electron chi connectivity index (χ2n) is 9.22. The second-order valence-corrected chi connectivity index (χ2v) is 9.22. The molecule has 0 saturated carbocycles. The molecule has 3 heteroatoms. The van der Waals surface area contributed by atoms with E-state index >= 15 is 0 Å². The first kappa shape index (κ1) is 29.9. The van der Waals surface area contributed by atoms with Crippen molar-refractivity contribution in [2.45, 2.75) is 138 Å². The summed E-state index contributed by atoms with van der Waals surface area (Å²) < 4.78 is 19.4. The van der Waals surface area contributed by atoms with E-state index < -0.39 is 5.97 Å². The van der Waals surface area contributed by atoms with Crippen molar-refractivity contribution in [2.75, 3.05) is 19.8 Å². The quantitative estimate of drug-likeness (QED) is 0.161. The third kappa shape index (κ3) is 13.3. The van der Waals surface area contributed by atoms with Gasteiger partial charge < -0.3 is 14.2 Å². The lowest BCUT2D eigenvalue weighted by molar-refractivity contribution is -0.390. The fourth-order valence-corrected chi connectivity index (χ4v) is 3.86. The highest BCUT2D eigenvalue weighted by Crippen LogP contribution is 2.28. The Labute approximate surface area is 190 Å². The van der Waals surface area contributed by atoms with Crippen molar-refractivity contribution in [3.8, 4) is 0 Å². The number of rotatable bonds is 22. The van der Waals surface area contributed by atoms with Crippen LogP contribution >= 0.6 is 0 Å². The maximum Gasteiger partial charge on any atom is 0.282 e. The number of unbranched alkanes of at least 4 members (excludes halogenated alkanes) is 3. The minimum absolute atomic E-state index is 0.590. The Morgan fingerprint density at radius 1 is 0.500 bits per heavy atom. The van der Waals surface area contributed by atoms with E-state index in [1.807, 2.05) is 0 Å². The lowest BCUT2D eigenvalue weighted by Gasteiger charge is -2.36. The van der Waals surface area contributed by atoms with E-state index in [0.29, 0.717) is 17.8 Å². The monoisotopic (exact) mass is 428 g/mol. The number of hydrogen-bond acceptors (Lipinski definition) is 3. The Hall–Kier alpha value is -0.120. The molecular formula is C27H56O3. The molecule has 0 aromatic heterocycles. The van der Waals surface area contributed by atoms with Crippen LogP contribution in [0, 0.1) is 17.8 Å². The predicted molar refractivity (Wildman–Crippen MR) is 131 cm³/mol. The van der Waals surface area contributed by atoms with E-state index in [-0.39, 0.29) is 0 Å². The fourth-order valence-electron chi connectivity index (χ4n) is 3.86. The summed E-state index contributed by atoms with van der Waals surface area (Å²) >= 11 is 0. The van der Waals surface area contributed by atoms with Crippen LogP contribution < -0.4 is 0 Å². The van der Waals surface area contributed by atoms with E-state index in [2.05, 4.69) is 48.5 Å². The maximum atomic E-state index is 6.48. The van der Waals surface area contributed by atoms with Gasteiger partial charge in [0.15, 0.2) is 0 Å². The van der Waals surface area contributed by atoms with E-state index in [9.17, 15) is 0 Å². The molecule has 182 valence electrons.